The van der Waals surface area contributed by atoms with E-state index in [2.05, 4.69) is 108 Å². The molecule has 2 heterocycles. The highest BCUT2D eigenvalue weighted by Crippen LogP contribution is 2.42. The molecule has 0 unspecified atom stereocenters. The lowest BCUT2D eigenvalue weighted by atomic mass is 9.76. The summed E-state index contributed by atoms with van der Waals surface area (Å²) in [5.74, 6) is 0. The number of rotatable bonds is 4. The van der Waals surface area contributed by atoms with Crippen LogP contribution >= 0.6 is 0 Å². The predicted octanol–water partition coefficient (Wildman–Crippen LogP) is 5.58. The molecule has 5 aromatic rings. The topological polar surface area (TPSA) is 30.7 Å². The Hall–Kier alpha value is -3.72. The molecule has 0 saturated carbocycles. The van der Waals surface area contributed by atoms with E-state index in [-0.39, 0.29) is 0 Å². The number of hydrogen-bond donors (Lipinski definition) is 0. The lowest BCUT2D eigenvalue weighted by molar-refractivity contribution is 0.530. The lowest BCUT2D eigenvalue weighted by Gasteiger charge is -2.38. The summed E-state index contributed by atoms with van der Waals surface area (Å²) in [6, 6.07) is 33.9. The van der Waals surface area contributed by atoms with Crippen LogP contribution in [0.2, 0.25) is 0 Å². The van der Waals surface area contributed by atoms with Gasteiger partial charge in [0, 0.05) is 6.20 Å². The fourth-order valence-corrected chi connectivity index (χ4v) is 4.23. The Morgan fingerprint density at radius 2 is 1.14 bits per heavy atom. The molecule has 3 aromatic carbocycles. The second kappa shape index (κ2) is 7.02. The van der Waals surface area contributed by atoms with Crippen molar-refractivity contribution in [3.63, 3.8) is 0 Å². The maximum Gasteiger partial charge on any atom is 0.160 e. The first-order valence-corrected chi connectivity index (χ1v) is 9.78. The van der Waals surface area contributed by atoms with E-state index < -0.39 is 5.54 Å². The summed E-state index contributed by atoms with van der Waals surface area (Å²) in [4.78, 5) is 9.49. The maximum absolute atomic E-state index is 4.78. The lowest BCUT2D eigenvalue weighted by Crippen LogP contribution is -2.37. The Kier molecular flexibility index (Phi) is 4.21. The van der Waals surface area contributed by atoms with Crippen LogP contribution in [0, 0.1) is 6.92 Å². The monoisotopic (exact) mass is 375 g/mol. The van der Waals surface area contributed by atoms with Gasteiger partial charge in [0.25, 0.3) is 0 Å². The van der Waals surface area contributed by atoms with E-state index in [1.807, 2.05) is 13.1 Å². The van der Waals surface area contributed by atoms with Crippen molar-refractivity contribution in [3.05, 3.63) is 132 Å². The van der Waals surface area contributed by atoms with Crippen molar-refractivity contribution in [1.82, 2.24) is 14.5 Å². The highest BCUT2D eigenvalue weighted by molar-refractivity contribution is 5.73. The van der Waals surface area contributed by atoms with E-state index in [0.717, 1.165) is 16.9 Å². The van der Waals surface area contributed by atoms with Gasteiger partial charge < -0.3 is 4.57 Å². The highest BCUT2D eigenvalue weighted by Gasteiger charge is 2.39. The third kappa shape index (κ3) is 2.74. The molecular formula is C26H21N3. The summed E-state index contributed by atoms with van der Waals surface area (Å²) in [6.07, 6.45) is 3.95. The summed E-state index contributed by atoms with van der Waals surface area (Å²) < 4.78 is 2.26. The maximum atomic E-state index is 4.78. The van der Waals surface area contributed by atoms with Crippen LogP contribution in [0.3, 0.4) is 0 Å². The zero-order valence-corrected chi connectivity index (χ0v) is 16.2. The highest BCUT2D eigenvalue weighted by atomic mass is 15.1. The first-order chi connectivity index (χ1) is 14.3. The Morgan fingerprint density at radius 1 is 0.655 bits per heavy atom. The van der Waals surface area contributed by atoms with E-state index in [1.165, 1.54) is 16.7 Å². The smallest absolute Gasteiger partial charge is 0.160 e. The van der Waals surface area contributed by atoms with Crippen molar-refractivity contribution in [2.75, 3.05) is 0 Å². The average Bonchev–Trinajstić information content (AvgIpc) is 3.20. The van der Waals surface area contributed by atoms with Crippen LogP contribution in [0.25, 0.3) is 11.2 Å². The summed E-state index contributed by atoms with van der Waals surface area (Å²) in [6.45, 7) is 1.97. The molecule has 0 aliphatic heterocycles. The zero-order valence-electron chi connectivity index (χ0n) is 16.2. The van der Waals surface area contributed by atoms with Gasteiger partial charge in [-0.15, -0.1) is 0 Å². The molecule has 0 saturated heterocycles. The van der Waals surface area contributed by atoms with E-state index in [1.54, 1.807) is 0 Å². The molecule has 0 N–H and O–H groups in total. The van der Waals surface area contributed by atoms with E-state index in [0.29, 0.717) is 0 Å². The number of hydrogen-bond acceptors (Lipinski definition) is 2. The van der Waals surface area contributed by atoms with Crippen molar-refractivity contribution in [3.8, 4) is 0 Å². The van der Waals surface area contributed by atoms with E-state index >= 15 is 0 Å². The van der Waals surface area contributed by atoms with Crippen LogP contribution in [0.4, 0.5) is 0 Å². The van der Waals surface area contributed by atoms with Gasteiger partial charge in [-0.25, -0.2) is 9.97 Å². The first-order valence-electron chi connectivity index (χ1n) is 9.78. The van der Waals surface area contributed by atoms with Gasteiger partial charge in [0.05, 0.1) is 11.9 Å². The molecule has 0 fully saturated rings. The average molecular weight is 375 g/mol. The van der Waals surface area contributed by atoms with Gasteiger partial charge in [-0.3, -0.25) is 0 Å². The van der Waals surface area contributed by atoms with Gasteiger partial charge in [-0.2, -0.15) is 0 Å². The molecule has 0 bridgehead atoms. The number of aromatic nitrogens is 3. The zero-order chi connectivity index (χ0) is 19.7. The third-order valence-corrected chi connectivity index (χ3v) is 5.45. The van der Waals surface area contributed by atoms with Crippen LogP contribution in [0.5, 0.6) is 0 Å². The molecule has 0 radical (unpaired) electrons. The molecule has 29 heavy (non-hydrogen) atoms. The fourth-order valence-electron chi connectivity index (χ4n) is 4.23. The predicted molar refractivity (Wildman–Crippen MR) is 117 cm³/mol. The van der Waals surface area contributed by atoms with Crippen LogP contribution in [-0.4, -0.2) is 14.5 Å². The van der Waals surface area contributed by atoms with Crippen molar-refractivity contribution < 1.29 is 0 Å². The van der Waals surface area contributed by atoms with Crippen LogP contribution in [0.15, 0.2) is 109 Å². The Bertz CT molecular complexity index is 1150. The minimum absolute atomic E-state index is 0.560. The van der Waals surface area contributed by atoms with Gasteiger partial charge in [0.1, 0.15) is 11.1 Å². The second-order valence-corrected chi connectivity index (χ2v) is 7.21. The van der Waals surface area contributed by atoms with Crippen LogP contribution in [-0.2, 0) is 5.54 Å². The van der Waals surface area contributed by atoms with Crippen molar-refractivity contribution in [1.29, 1.82) is 0 Å². The summed E-state index contributed by atoms with van der Waals surface area (Å²) >= 11 is 0. The number of fused-ring (bicyclic) bond motifs is 1. The minimum atomic E-state index is -0.560. The van der Waals surface area contributed by atoms with E-state index in [9.17, 15) is 0 Å². The molecule has 2 aromatic heterocycles. The normalized spacial score (nSPS) is 11.6. The summed E-state index contributed by atoms with van der Waals surface area (Å²) in [5.41, 5.74) is 5.66. The van der Waals surface area contributed by atoms with Gasteiger partial charge in [-0.1, -0.05) is 91.0 Å². The Balaban J connectivity index is 1.95. The van der Waals surface area contributed by atoms with Crippen molar-refractivity contribution in [2.45, 2.75) is 12.5 Å². The van der Waals surface area contributed by atoms with Crippen LogP contribution in [0.1, 0.15) is 22.4 Å². The number of benzene rings is 3. The van der Waals surface area contributed by atoms with Crippen LogP contribution < -0.4 is 0 Å². The van der Waals surface area contributed by atoms with Gasteiger partial charge in [-0.05, 0) is 29.7 Å². The molecule has 5 rings (SSSR count). The Morgan fingerprint density at radius 3 is 1.62 bits per heavy atom. The molecule has 0 aliphatic rings. The quantitative estimate of drug-likeness (QED) is 0.384. The molecule has 0 spiro atoms. The standard InChI is InChI=1S/C26H21N3/c1-20-19-27-25-24(28-20)17-18-29(25)26(21-11-5-2-6-12-21,22-13-7-3-8-14-22)23-15-9-4-10-16-23/h2-19H,1H3. The van der Waals surface area contributed by atoms with Gasteiger partial charge in [0.15, 0.2) is 5.65 Å². The molecule has 0 aliphatic carbocycles. The summed E-state index contributed by atoms with van der Waals surface area (Å²) in [7, 11) is 0. The molecule has 140 valence electrons. The largest absolute Gasteiger partial charge is 0.313 e. The number of nitrogens with zero attached hydrogens (tertiary/aromatic N) is 3. The van der Waals surface area contributed by atoms with Crippen molar-refractivity contribution in [2.24, 2.45) is 0 Å². The Labute approximate surface area is 170 Å². The first kappa shape index (κ1) is 17.4. The molecular weight excluding hydrogens is 354 g/mol. The molecule has 3 heteroatoms. The molecule has 0 amide bonds. The van der Waals surface area contributed by atoms with E-state index in [4.69, 9.17) is 9.97 Å². The second-order valence-electron chi connectivity index (χ2n) is 7.21. The van der Waals surface area contributed by atoms with Crippen molar-refractivity contribution >= 4 is 11.2 Å². The minimum Gasteiger partial charge on any atom is -0.313 e. The van der Waals surface area contributed by atoms with Gasteiger partial charge in [0.2, 0.25) is 0 Å². The van der Waals surface area contributed by atoms with Gasteiger partial charge >= 0.3 is 0 Å². The number of aryl methyl sites for hydroxylation is 1. The molecule has 0 atom stereocenters. The SMILES string of the molecule is Cc1cnc2c(ccn2C(c2ccccc2)(c2ccccc2)c2ccccc2)n1. The summed E-state index contributed by atoms with van der Waals surface area (Å²) in [5, 5.41) is 0. The fraction of sp³-hybridized carbons (Fsp3) is 0.0769. The third-order valence-electron chi connectivity index (χ3n) is 5.45. The molecule has 3 nitrogen and oxygen atoms in total.